The standard InChI is InChI=1S/C22H17NO2/c1-25-22(24)19-12-11-18-13-20(23-21(18)14-19)17-9-7-16(8-10-17)15-5-3-2-4-6-15/h2-14,23H,1H3. The summed E-state index contributed by atoms with van der Waals surface area (Å²) in [5.74, 6) is -0.328. The highest BCUT2D eigenvalue weighted by atomic mass is 16.5. The molecular weight excluding hydrogens is 310 g/mol. The van der Waals surface area contributed by atoms with Crippen LogP contribution in [0.15, 0.2) is 78.9 Å². The predicted octanol–water partition coefficient (Wildman–Crippen LogP) is 5.29. The van der Waals surface area contributed by atoms with E-state index in [1.54, 1.807) is 6.07 Å². The number of aromatic nitrogens is 1. The molecule has 0 aliphatic rings. The molecule has 4 aromatic rings. The van der Waals surface area contributed by atoms with Crippen LogP contribution in [0.5, 0.6) is 0 Å². The lowest BCUT2D eigenvalue weighted by Crippen LogP contribution is -2.00. The smallest absolute Gasteiger partial charge is 0.337 e. The number of benzene rings is 3. The van der Waals surface area contributed by atoms with Gasteiger partial charge in [0.25, 0.3) is 0 Å². The summed E-state index contributed by atoms with van der Waals surface area (Å²) >= 11 is 0. The second kappa shape index (κ2) is 6.29. The number of carbonyl (C=O) groups excluding carboxylic acids is 1. The molecule has 0 amide bonds. The Labute approximate surface area is 145 Å². The van der Waals surface area contributed by atoms with E-state index >= 15 is 0 Å². The molecule has 1 aromatic heterocycles. The van der Waals surface area contributed by atoms with Crippen molar-refractivity contribution in [3.05, 3.63) is 84.4 Å². The second-order valence-electron chi connectivity index (χ2n) is 5.92. The SMILES string of the molecule is COC(=O)c1ccc2cc(-c3ccc(-c4ccccc4)cc3)[nH]c2c1. The van der Waals surface area contributed by atoms with Crippen molar-refractivity contribution < 1.29 is 9.53 Å². The van der Waals surface area contributed by atoms with E-state index in [2.05, 4.69) is 47.4 Å². The first-order valence-corrected chi connectivity index (χ1v) is 8.11. The molecule has 4 rings (SSSR count). The van der Waals surface area contributed by atoms with Crippen LogP contribution in [-0.4, -0.2) is 18.1 Å². The fourth-order valence-corrected chi connectivity index (χ4v) is 3.00. The first-order chi connectivity index (χ1) is 12.2. The molecular formula is C22H17NO2. The van der Waals surface area contributed by atoms with E-state index in [4.69, 9.17) is 4.74 Å². The number of carbonyl (C=O) groups is 1. The van der Waals surface area contributed by atoms with Gasteiger partial charge < -0.3 is 9.72 Å². The number of esters is 1. The van der Waals surface area contributed by atoms with Gasteiger partial charge in [-0.3, -0.25) is 0 Å². The maximum absolute atomic E-state index is 11.7. The lowest BCUT2D eigenvalue weighted by atomic mass is 10.0. The van der Waals surface area contributed by atoms with E-state index < -0.39 is 0 Å². The third kappa shape index (κ3) is 2.92. The number of rotatable bonds is 3. The van der Waals surface area contributed by atoms with Crippen LogP contribution < -0.4 is 0 Å². The third-order valence-electron chi connectivity index (χ3n) is 4.35. The molecule has 122 valence electrons. The Bertz CT molecular complexity index is 1030. The fraction of sp³-hybridized carbons (Fsp3) is 0.0455. The normalized spacial score (nSPS) is 10.8. The average Bonchev–Trinajstić information content (AvgIpc) is 3.11. The van der Waals surface area contributed by atoms with Crippen LogP contribution in [0.4, 0.5) is 0 Å². The van der Waals surface area contributed by atoms with Crippen LogP contribution in [0, 0.1) is 0 Å². The summed E-state index contributed by atoms with van der Waals surface area (Å²) in [4.78, 5) is 15.1. The average molecular weight is 327 g/mol. The van der Waals surface area contributed by atoms with Gasteiger partial charge in [0.05, 0.1) is 12.7 Å². The summed E-state index contributed by atoms with van der Waals surface area (Å²) in [6.07, 6.45) is 0. The molecule has 0 fully saturated rings. The highest BCUT2D eigenvalue weighted by molar-refractivity contribution is 5.95. The number of hydrogen-bond acceptors (Lipinski definition) is 2. The highest BCUT2D eigenvalue weighted by Crippen LogP contribution is 2.27. The van der Waals surface area contributed by atoms with Crippen LogP contribution in [0.2, 0.25) is 0 Å². The molecule has 0 unspecified atom stereocenters. The Kier molecular flexibility index (Phi) is 3.82. The molecule has 3 aromatic carbocycles. The lowest BCUT2D eigenvalue weighted by molar-refractivity contribution is 0.0601. The highest BCUT2D eigenvalue weighted by Gasteiger charge is 2.09. The minimum absolute atomic E-state index is 0.328. The van der Waals surface area contributed by atoms with E-state index in [1.807, 2.05) is 30.3 Å². The third-order valence-corrected chi connectivity index (χ3v) is 4.35. The minimum Gasteiger partial charge on any atom is -0.465 e. The maximum Gasteiger partial charge on any atom is 0.337 e. The van der Waals surface area contributed by atoms with Gasteiger partial charge in [-0.2, -0.15) is 0 Å². The molecule has 0 bridgehead atoms. The zero-order chi connectivity index (χ0) is 17.2. The van der Waals surface area contributed by atoms with Gasteiger partial charge in [0.2, 0.25) is 0 Å². The fourth-order valence-electron chi connectivity index (χ4n) is 3.00. The van der Waals surface area contributed by atoms with Crippen molar-refractivity contribution in [1.82, 2.24) is 4.98 Å². The van der Waals surface area contributed by atoms with Crippen molar-refractivity contribution in [2.45, 2.75) is 0 Å². The van der Waals surface area contributed by atoms with E-state index in [1.165, 1.54) is 18.2 Å². The van der Waals surface area contributed by atoms with Crippen molar-refractivity contribution >= 4 is 16.9 Å². The molecule has 25 heavy (non-hydrogen) atoms. The number of fused-ring (bicyclic) bond motifs is 1. The van der Waals surface area contributed by atoms with Gasteiger partial charge in [0.15, 0.2) is 0 Å². The van der Waals surface area contributed by atoms with Gasteiger partial charge in [0.1, 0.15) is 0 Å². The maximum atomic E-state index is 11.7. The van der Waals surface area contributed by atoms with Crippen LogP contribution in [0.3, 0.4) is 0 Å². The van der Waals surface area contributed by atoms with Gasteiger partial charge >= 0.3 is 5.97 Å². The zero-order valence-electron chi connectivity index (χ0n) is 13.8. The van der Waals surface area contributed by atoms with Crippen molar-refractivity contribution in [2.24, 2.45) is 0 Å². The molecule has 0 atom stereocenters. The molecule has 0 aliphatic carbocycles. The summed E-state index contributed by atoms with van der Waals surface area (Å²) in [6.45, 7) is 0. The Morgan fingerprint density at radius 3 is 2.20 bits per heavy atom. The van der Waals surface area contributed by atoms with E-state index in [-0.39, 0.29) is 5.97 Å². The molecule has 0 saturated heterocycles. The van der Waals surface area contributed by atoms with Crippen LogP contribution >= 0.6 is 0 Å². The van der Waals surface area contributed by atoms with Gasteiger partial charge in [-0.25, -0.2) is 4.79 Å². The summed E-state index contributed by atoms with van der Waals surface area (Å²) in [5.41, 5.74) is 5.99. The van der Waals surface area contributed by atoms with Gasteiger partial charge in [-0.1, -0.05) is 60.7 Å². The molecule has 3 nitrogen and oxygen atoms in total. The van der Waals surface area contributed by atoms with E-state index in [0.29, 0.717) is 5.56 Å². The van der Waals surface area contributed by atoms with Crippen LogP contribution in [-0.2, 0) is 4.74 Å². The molecule has 1 N–H and O–H groups in total. The molecule has 1 heterocycles. The first kappa shape index (κ1) is 15.2. The number of ether oxygens (including phenoxy) is 1. The van der Waals surface area contributed by atoms with Crippen LogP contribution in [0.25, 0.3) is 33.3 Å². The monoisotopic (exact) mass is 327 g/mol. The lowest BCUT2D eigenvalue weighted by Gasteiger charge is -2.03. The molecule has 3 heteroatoms. The zero-order valence-corrected chi connectivity index (χ0v) is 13.8. The summed E-state index contributed by atoms with van der Waals surface area (Å²) in [7, 11) is 1.39. The van der Waals surface area contributed by atoms with Gasteiger partial charge in [0, 0.05) is 16.6 Å². The summed E-state index contributed by atoms with van der Waals surface area (Å²) < 4.78 is 4.78. The number of hydrogen-bond donors (Lipinski definition) is 1. The number of nitrogens with one attached hydrogen (secondary N) is 1. The van der Waals surface area contributed by atoms with Crippen LogP contribution in [0.1, 0.15) is 10.4 Å². The van der Waals surface area contributed by atoms with E-state index in [9.17, 15) is 4.79 Å². The molecule has 0 saturated carbocycles. The molecule has 0 aliphatic heterocycles. The summed E-state index contributed by atoms with van der Waals surface area (Å²) in [6, 6.07) is 26.4. The van der Waals surface area contributed by atoms with Crippen molar-refractivity contribution in [3.8, 4) is 22.4 Å². The minimum atomic E-state index is -0.328. The Hall–Kier alpha value is -3.33. The topological polar surface area (TPSA) is 42.1 Å². The first-order valence-electron chi connectivity index (χ1n) is 8.11. The van der Waals surface area contributed by atoms with Crippen molar-refractivity contribution in [3.63, 3.8) is 0 Å². The molecule has 0 spiro atoms. The summed E-state index contributed by atoms with van der Waals surface area (Å²) in [5, 5.41) is 1.06. The quantitative estimate of drug-likeness (QED) is 0.520. The number of methoxy groups -OCH3 is 1. The number of H-pyrrole nitrogens is 1. The molecule has 0 radical (unpaired) electrons. The van der Waals surface area contributed by atoms with E-state index in [0.717, 1.165) is 22.2 Å². The van der Waals surface area contributed by atoms with Gasteiger partial charge in [-0.15, -0.1) is 0 Å². The van der Waals surface area contributed by atoms with Crippen molar-refractivity contribution in [1.29, 1.82) is 0 Å². The Morgan fingerprint density at radius 2 is 1.48 bits per heavy atom. The second-order valence-corrected chi connectivity index (χ2v) is 5.92. The predicted molar refractivity (Wildman–Crippen MR) is 101 cm³/mol. The van der Waals surface area contributed by atoms with Gasteiger partial charge in [-0.05, 0) is 34.9 Å². The largest absolute Gasteiger partial charge is 0.465 e. The Morgan fingerprint density at radius 1 is 0.800 bits per heavy atom. The Balaban J connectivity index is 1.68. The van der Waals surface area contributed by atoms with Crippen molar-refractivity contribution in [2.75, 3.05) is 7.11 Å². The number of aromatic amines is 1.